The van der Waals surface area contributed by atoms with Crippen LogP contribution in [0.1, 0.15) is 30.9 Å². The highest BCUT2D eigenvalue weighted by Gasteiger charge is 2.24. The van der Waals surface area contributed by atoms with E-state index in [1.165, 1.54) is 0 Å². The number of rotatable bonds is 6. The van der Waals surface area contributed by atoms with Crippen LogP contribution in [0.5, 0.6) is 0 Å². The van der Waals surface area contributed by atoms with Crippen molar-refractivity contribution in [1.29, 1.82) is 0 Å². The van der Waals surface area contributed by atoms with Crippen molar-refractivity contribution in [2.75, 3.05) is 19.5 Å². The zero-order chi connectivity index (χ0) is 15.3. The summed E-state index contributed by atoms with van der Waals surface area (Å²) >= 11 is 6.16. The Morgan fingerprint density at radius 2 is 2.14 bits per heavy atom. The summed E-state index contributed by atoms with van der Waals surface area (Å²) in [5, 5.41) is 0.510. The van der Waals surface area contributed by atoms with Gasteiger partial charge in [-0.25, -0.2) is 0 Å². The lowest BCUT2D eigenvalue weighted by Crippen LogP contribution is -2.27. The van der Waals surface area contributed by atoms with Gasteiger partial charge in [-0.2, -0.15) is 8.42 Å². The Kier molecular flexibility index (Phi) is 6.01. The molecule has 0 radical (unpaired) electrons. The molecule has 118 valence electrons. The summed E-state index contributed by atoms with van der Waals surface area (Å²) in [6, 6.07) is 7.15. The van der Waals surface area contributed by atoms with Crippen LogP contribution < -0.4 is 0 Å². The maximum absolute atomic E-state index is 11.2. The highest BCUT2D eigenvalue weighted by Crippen LogP contribution is 2.29. The molecule has 1 heterocycles. The van der Waals surface area contributed by atoms with E-state index in [2.05, 4.69) is 0 Å². The molecule has 0 aliphatic carbocycles. The molecule has 0 saturated carbocycles. The fourth-order valence-corrected chi connectivity index (χ4v) is 2.75. The van der Waals surface area contributed by atoms with Gasteiger partial charge in [-0.1, -0.05) is 29.8 Å². The minimum Gasteiger partial charge on any atom is -0.353 e. The lowest BCUT2D eigenvalue weighted by Gasteiger charge is -2.28. The van der Waals surface area contributed by atoms with Gasteiger partial charge in [0.25, 0.3) is 10.1 Å². The van der Waals surface area contributed by atoms with Crippen molar-refractivity contribution >= 4 is 21.7 Å². The molecule has 2 atom stereocenters. The Bertz CT molecular complexity index is 554. The average Bonchev–Trinajstić information content (AvgIpc) is 2.44. The van der Waals surface area contributed by atoms with Crippen molar-refractivity contribution in [3.8, 4) is 0 Å². The van der Waals surface area contributed by atoms with Gasteiger partial charge in [0.05, 0.1) is 12.9 Å². The average molecular weight is 335 g/mol. The zero-order valence-corrected chi connectivity index (χ0v) is 13.4. The van der Waals surface area contributed by atoms with Gasteiger partial charge in [0, 0.05) is 17.2 Å². The van der Waals surface area contributed by atoms with E-state index >= 15 is 0 Å². The fourth-order valence-electron chi connectivity index (χ4n) is 2.13. The van der Waals surface area contributed by atoms with Gasteiger partial charge in [-0.3, -0.25) is 4.18 Å². The van der Waals surface area contributed by atoms with Crippen LogP contribution in [0.4, 0.5) is 0 Å². The molecule has 0 aromatic heterocycles. The van der Waals surface area contributed by atoms with Crippen LogP contribution in [0.2, 0.25) is 5.02 Å². The Hall–Kier alpha value is -0.660. The van der Waals surface area contributed by atoms with Crippen molar-refractivity contribution in [2.45, 2.75) is 31.7 Å². The summed E-state index contributed by atoms with van der Waals surface area (Å²) in [6.07, 6.45) is 2.87. The molecule has 1 aromatic carbocycles. The van der Waals surface area contributed by atoms with Crippen LogP contribution in [0.15, 0.2) is 24.3 Å². The maximum atomic E-state index is 11.2. The predicted octanol–water partition coefficient (Wildman–Crippen LogP) is 2.90. The standard InChI is InChI=1S/C14H19ClO5S/c1-21(16,17)19-10-13(11-6-2-3-7-12(11)15)20-14-8-4-5-9-18-14/h2-3,6-7,13-14H,4-5,8-10H2,1H3/t13-,14?/m0/s1. The summed E-state index contributed by atoms with van der Waals surface area (Å²) in [4.78, 5) is 0. The SMILES string of the molecule is CS(=O)(=O)OC[C@H](OC1CCCCO1)c1ccccc1Cl. The molecule has 21 heavy (non-hydrogen) atoms. The van der Waals surface area contributed by atoms with Crippen molar-refractivity contribution in [1.82, 2.24) is 0 Å². The molecule has 1 unspecified atom stereocenters. The monoisotopic (exact) mass is 334 g/mol. The Morgan fingerprint density at radius 1 is 1.38 bits per heavy atom. The first kappa shape index (κ1) is 16.7. The van der Waals surface area contributed by atoms with Crippen molar-refractivity contribution in [3.63, 3.8) is 0 Å². The largest absolute Gasteiger partial charge is 0.353 e. The summed E-state index contributed by atoms with van der Waals surface area (Å²) in [5.41, 5.74) is 0.692. The molecular weight excluding hydrogens is 316 g/mol. The minimum atomic E-state index is -3.54. The second-order valence-corrected chi connectivity index (χ2v) is 6.98. The van der Waals surface area contributed by atoms with Gasteiger partial charge in [0.2, 0.25) is 0 Å². The summed E-state index contributed by atoms with van der Waals surface area (Å²) in [6.45, 7) is 0.523. The Balaban J connectivity index is 2.11. The second kappa shape index (κ2) is 7.56. The lowest BCUT2D eigenvalue weighted by molar-refractivity contribution is -0.195. The Labute approximate surface area is 130 Å². The van der Waals surface area contributed by atoms with Crippen LogP contribution in [-0.4, -0.2) is 34.2 Å². The van der Waals surface area contributed by atoms with Crippen LogP contribution in [0.3, 0.4) is 0 Å². The highest BCUT2D eigenvalue weighted by molar-refractivity contribution is 7.85. The van der Waals surface area contributed by atoms with E-state index < -0.39 is 16.2 Å². The fraction of sp³-hybridized carbons (Fsp3) is 0.571. The first-order chi connectivity index (χ1) is 9.96. The highest BCUT2D eigenvalue weighted by atomic mass is 35.5. The van der Waals surface area contributed by atoms with Crippen LogP contribution in [0, 0.1) is 0 Å². The molecule has 1 aromatic rings. The minimum absolute atomic E-state index is 0.123. The molecule has 5 nitrogen and oxygen atoms in total. The molecule has 1 saturated heterocycles. The molecule has 1 fully saturated rings. The topological polar surface area (TPSA) is 61.8 Å². The van der Waals surface area contributed by atoms with Crippen molar-refractivity contribution in [2.24, 2.45) is 0 Å². The van der Waals surface area contributed by atoms with Gasteiger partial charge in [-0.05, 0) is 25.3 Å². The van der Waals surface area contributed by atoms with E-state index in [1.807, 2.05) is 6.07 Å². The van der Waals surface area contributed by atoms with E-state index in [1.54, 1.807) is 18.2 Å². The van der Waals surface area contributed by atoms with Gasteiger partial charge in [-0.15, -0.1) is 0 Å². The second-order valence-electron chi connectivity index (χ2n) is 4.93. The van der Waals surface area contributed by atoms with Crippen molar-refractivity contribution < 1.29 is 22.1 Å². The van der Waals surface area contributed by atoms with E-state index in [9.17, 15) is 8.42 Å². The molecule has 1 aliphatic heterocycles. The van der Waals surface area contributed by atoms with Crippen LogP contribution in [-0.2, 0) is 23.8 Å². The van der Waals surface area contributed by atoms with Crippen LogP contribution >= 0.6 is 11.6 Å². The zero-order valence-electron chi connectivity index (χ0n) is 11.8. The Morgan fingerprint density at radius 3 is 2.76 bits per heavy atom. The maximum Gasteiger partial charge on any atom is 0.264 e. The normalized spacial score (nSPS) is 21.1. The number of halogens is 1. The summed E-state index contributed by atoms with van der Waals surface area (Å²) < 4.78 is 38.7. The number of ether oxygens (including phenoxy) is 2. The van der Waals surface area contributed by atoms with E-state index in [0.29, 0.717) is 17.2 Å². The molecule has 2 rings (SSSR count). The third kappa shape index (κ3) is 5.56. The molecule has 0 N–H and O–H groups in total. The summed E-state index contributed by atoms with van der Waals surface area (Å²) in [7, 11) is -3.54. The molecule has 0 spiro atoms. The third-order valence-electron chi connectivity index (χ3n) is 3.14. The van der Waals surface area contributed by atoms with Gasteiger partial charge >= 0.3 is 0 Å². The molecule has 1 aliphatic rings. The molecular formula is C14H19ClO5S. The van der Waals surface area contributed by atoms with Gasteiger partial charge in [0.1, 0.15) is 6.10 Å². The summed E-state index contributed by atoms with van der Waals surface area (Å²) in [5.74, 6) is 0. The number of hydrogen-bond donors (Lipinski definition) is 0. The van der Waals surface area contributed by atoms with Crippen LogP contribution in [0.25, 0.3) is 0 Å². The van der Waals surface area contributed by atoms with Gasteiger partial charge in [0.15, 0.2) is 6.29 Å². The van der Waals surface area contributed by atoms with Crippen molar-refractivity contribution in [3.05, 3.63) is 34.9 Å². The molecule has 7 heteroatoms. The van der Waals surface area contributed by atoms with E-state index in [-0.39, 0.29) is 12.9 Å². The smallest absolute Gasteiger partial charge is 0.264 e. The molecule has 0 bridgehead atoms. The molecule has 0 amide bonds. The predicted molar refractivity (Wildman–Crippen MR) is 79.7 cm³/mol. The van der Waals surface area contributed by atoms with E-state index in [4.69, 9.17) is 25.3 Å². The quantitative estimate of drug-likeness (QED) is 0.748. The number of benzene rings is 1. The first-order valence-corrected chi connectivity index (χ1v) is 9.01. The number of hydrogen-bond acceptors (Lipinski definition) is 5. The lowest BCUT2D eigenvalue weighted by atomic mass is 10.1. The van der Waals surface area contributed by atoms with E-state index in [0.717, 1.165) is 25.5 Å². The first-order valence-electron chi connectivity index (χ1n) is 6.81. The van der Waals surface area contributed by atoms with Gasteiger partial charge < -0.3 is 9.47 Å². The third-order valence-corrected chi connectivity index (χ3v) is 4.05.